The van der Waals surface area contributed by atoms with Gasteiger partial charge in [0.05, 0.1) is 13.3 Å². The molecule has 1 heterocycles. The van der Waals surface area contributed by atoms with Crippen LogP contribution in [0.2, 0.25) is 0 Å². The Kier molecular flexibility index (Phi) is 9.55. The minimum Gasteiger partial charge on any atom is -0.490 e. The van der Waals surface area contributed by atoms with Crippen LogP contribution in [0.15, 0.2) is 48.5 Å². The zero-order chi connectivity index (χ0) is 18.9. The molecule has 6 heteroatoms. The predicted molar refractivity (Wildman–Crippen MR) is 113 cm³/mol. The van der Waals surface area contributed by atoms with Gasteiger partial charge < -0.3 is 14.8 Å². The summed E-state index contributed by atoms with van der Waals surface area (Å²) in [7, 11) is 0. The number of alkyl halides is 1. The molecule has 3 rings (SSSR count). The van der Waals surface area contributed by atoms with Crippen molar-refractivity contribution in [2.75, 3.05) is 39.5 Å². The van der Waals surface area contributed by atoms with Gasteiger partial charge in [-0.3, -0.25) is 9.29 Å². The highest BCUT2D eigenvalue weighted by Crippen LogP contribution is 2.34. The van der Waals surface area contributed by atoms with Gasteiger partial charge >= 0.3 is 0 Å². The maximum Gasteiger partial charge on any atom is 0.161 e. The highest BCUT2D eigenvalue weighted by atomic mass is 35.5. The first-order chi connectivity index (χ1) is 13.3. The molecular weight excluding hydrogens is 379 g/mol. The predicted octanol–water partition coefficient (Wildman–Crippen LogP) is 4.39. The minimum absolute atomic E-state index is 0. The average Bonchev–Trinajstić information content (AvgIpc) is 2.73. The molecule has 0 radical (unpaired) electrons. The van der Waals surface area contributed by atoms with Crippen molar-refractivity contribution < 1.29 is 13.9 Å². The fraction of sp³-hybridized carbons (Fsp3) is 0.455. The monoisotopic (exact) mass is 408 g/mol. The van der Waals surface area contributed by atoms with Crippen molar-refractivity contribution >= 4 is 12.4 Å². The van der Waals surface area contributed by atoms with Crippen molar-refractivity contribution in [1.29, 1.82) is 0 Å². The van der Waals surface area contributed by atoms with Crippen molar-refractivity contribution in [3.8, 4) is 11.5 Å². The van der Waals surface area contributed by atoms with Crippen LogP contribution in [0.4, 0.5) is 4.39 Å². The molecule has 2 aromatic carbocycles. The standard InChI is InChI=1S/C22H29FN2O2.ClH/c1-2-26-22-16-19(20(10-11-23)25-14-12-24-13-15-25)8-9-21(22)27-17-18-6-4-3-5-7-18;/h3-9,16,20,24H,2,10-15,17H2,1H3;1H/t20-;/m0./s1. The first-order valence-electron chi connectivity index (χ1n) is 9.76. The molecule has 0 saturated carbocycles. The van der Waals surface area contributed by atoms with Gasteiger partial charge in [-0.1, -0.05) is 36.4 Å². The van der Waals surface area contributed by atoms with Crippen LogP contribution in [-0.4, -0.2) is 44.4 Å². The second-order valence-electron chi connectivity index (χ2n) is 6.69. The summed E-state index contributed by atoms with van der Waals surface area (Å²) in [6.07, 6.45) is 0.496. The average molecular weight is 409 g/mol. The lowest BCUT2D eigenvalue weighted by molar-refractivity contribution is 0.157. The molecule has 28 heavy (non-hydrogen) atoms. The van der Waals surface area contributed by atoms with Gasteiger partial charge in [0.2, 0.25) is 0 Å². The van der Waals surface area contributed by atoms with E-state index in [2.05, 4.69) is 10.2 Å². The molecule has 2 aromatic rings. The van der Waals surface area contributed by atoms with E-state index >= 15 is 0 Å². The van der Waals surface area contributed by atoms with Crippen molar-refractivity contribution in [2.45, 2.75) is 26.0 Å². The van der Waals surface area contributed by atoms with Crippen molar-refractivity contribution in [3.05, 3.63) is 59.7 Å². The molecule has 0 aromatic heterocycles. The van der Waals surface area contributed by atoms with Gasteiger partial charge in [-0.15, -0.1) is 12.4 Å². The van der Waals surface area contributed by atoms with E-state index in [-0.39, 0.29) is 25.1 Å². The third-order valence-corrected chi connectivity index (χ3v) is 4.86. The Bertz CT molecular complexity index is 696. The van der Waals surface area contributed by atoms with E-state index in [1.807, 2.05) is 55.5 Å². The van der Waals surface area contributed by atoms with E-state index < -0.39 is 0 Å². The van der Waals surface area contributed by atoms with E-state index in [4.69, 9.17) is 9.47 Å². The number of hydrogen-bond donors (Lipinski definition) is 1. The van der Waals surface area contributed by atoms with Crippen LogP contribution in [0, 0.1) is 0 Å². The lowest BCUT2D eigenvalue weighted by atomic mass is 10.0. The molecule has 1 saturated heterocycles. The van der Waals surface area contributed by atoms with Crippen molar-refractivity contribution in [2.24, 2.45) is 0 Å². The number of nitrogens with one attached hydrogen (secondary N) is 1. The summed E-state index contributed by atoms with van der Waals surface area (Å²) >= 11 is 0. The summed E-state index contributed by atoms with van der Waals surface area (Å²) in [5.41, 5.74) is 2.20. The molecular formula is C22H30ClFN2O2. The third kappa shape index (κ3) is 6.09. The molecule has 1 aliphatic heterocycles. The zero-order valence-corrected chi connectivity index (χ0v) is 17.2. The quantitative estimate of drug-likeness (QED) is 0.667. The maximum absolute atomic E-state index is 13.2. The van der Waals surface area contributed by atoms with Crippen LogP contribution in [0.5, 0.6) is 11.5 Å². The Balaban J connectivity index is 0.00000280. The molecule has 0 spiro atoms. The van der Waals surface area contributed by atoms with E-state index in [1.54, 1.807) is 0 Å². The first-order valence-corrected chi connectivity index (χ1v) is 9.76. The molecule has 0 aliphatic carbocycles. The molecule has 1 aliphatic rings. The van der Waals surface area contributed by atoms with E-state index in [1.165, 1.54) is 0 Å². The third-order valence-electron chi connectivity index (χ3n) is 4.86. The highest BCUT2D eigenvalue weighted by Gasteiger charge is 2.23. The molecule has 1 atom stereocenters. The van der Waals surface area contributed by atoms with E-state index in [0.29, 0.717) is 19.6 Å². The Labute approximate surface area is 173 Å². The lowest BCUT2D eigenvalue weighted by Gasteiger charge is -2.35. The number of nitrogens with zero attached hydrogens (tertiary/aromatic N) is 1. The Morgan fingerprint density at radius 1 is 1.04 bits per heavy atom. The van der Waals surface area contributed by atoms with Crippen LogP contribution in [0.3, 0.4) is 0 Å². The molecule has 1 fully saturated rings. The van der Waals surface area contributed by atoms with Crippen LogP contribution in [-0.2, 0) is 6.61 Å². The lowest BCUT2D eigenvalue weighted by Crippen LogP contribution is -2.45. The molecule has 0 bridgehead atoms. The first kappa shape index (κ1) is 22.5. The number of benzene rings is 2. The van der Waals surface area contributed by atoms with Gasteiger partial charge in [-0.2, -0.15) is 0 Å². The largest absolute Gasteiger partial charge is 0.490 e. The fourth-order valence-corrected chi connectivity index (χ4v) is 3.51. The zero-order valence-electron chi connectivity index (χ0n) is 16.4. The second-order valence-corrected chi connectivity index (χ2v) is 6.69. The van der Waals surface area contributed by atoms with Gasteiger partial charge in [-0.05, 0) is 36.6 Å². The van der Waals surface area contributed by atoms with Crippen LogP contribution in [0.1, 0.15) is 30.5 Å². The Hall–Kier alpha value is -1.82. The normalized spacial score (nSPS) is 15.5. The summed E-state index contributed by atoms with van der Waals surface area (Å²) in [5, 5.41) is 3.36. The summed E-state index contributed by atoms with van der Waals surface area (Å²) in [5.74, 6) is 1.45. The van der Waals surface area contributed by atoms with E-state index in [0.717, 1.165) is 48.8 Å². The number of ether oxygens (including phenoxy) is 2. The number of halogens is 2. The summed E-state index contributed by atoms with van der Waals surface area (Å²) < 4.78 is 25.0. The van der Waals surface area contributed by atoms with E-state index in [9.17, 15) is 4.39 Å². The highest BCUT2D eigenvalue weighted by molar-refractivity contribution is 5.85. The van der Waals surface area contributed by atoms with Crippen molar-refractivity contribution in [3.63, 3.8) is 0 Å². The Morgan fingerprint density at radius 3 is 2.46 bits per heavy atom. The molecule has 0 amide bonds. The van der Waals surface area contributed by atoms with Gasteiger partial charge in [-0.25, -0.2) is 0 Å². The molecule has 1 N–H and O–H groups in total. The number of piperazine rings is 1. The van der Waals surface area contributed by atoms with Gasteiger partial charge in [0.1, 0.15) is 6.61 Å². The minimum atomic E-state index is -0.329. The Morgan fingerprint density at radius 2 is 1.79 bits per heavy atom. The fourth-order valence-electron chi connectivity index (χ4n) is 3.51. The van der Waals surface area contributed by atoms with Crippen molar-refractivity contribution in [1.82, 2.24) is 10.2 Å². The molecule has 0 unspecified atom stereocenters. The van der Waals surface area contributed by atoms with Crippen LogP contribution in [0.25, 0.3) is 0 Å². The van der Waals surface area contributed by atoms with Gasteiger partial charge in [0.25, 0.3) is 0 Å². The smallest absolute Gasteiger partial charge is 0.161 e. The second kappa shape index (κ2) is 11.9. The summed E-state index contributed by atoms with van der Waals surface area (Å²) in [4.78, 5) is 2.35. The summed E-state index contributed by atoms with van der Waals surface area (Å²) in [6.45, 7) is 6.44. The van der Waals surface area contributed by atoms with Crippen LogP contribution < -0.4 is 14.8 Å². The number of hydrogen-bond acceptors (Lipinski definition) is 4. The maximum atomic E-state index is 13.2. The van der Waals surface area contributed by atoms with Gasteiger partial charge in [0.15, 0.2) is 11.5 Å². The molecule has 154 valence electrons. The van der Waals surface area contributed by atoms with Gasteiger partial charge in [0, 0.05) is 32.2 Å². The molecule has 4 nitrogen and oxygen atoms in total. The summed E-state index contributed by atoms with van der Waals surface area (Å²) in [6, 6.07) is 16.2. The van der Waals surface area contributed by atoms with Crippen LogP contribution >= 0.6 is 12.4 Å². The SMILES string of the molecule is CCOc1cc([C@H](CCF)N2CCNCC2)ccc1OCc1ccccc1.Cl. The number of rotatable bonds is 9. The topological polar surface area (TPSA) is 33.7 Å².